The standard InChI is InChI=1S/C28H29N5O10S3/c1-16-9-23(29)27(43-7-4-8-44(34,35)36)15-26(16)33-32-25-11-17(2)24(10-18(25)3)31-30-20-6-5-19-12-21(45(37,38)39)14-28(22(19)13-20)46(40,41)42/h5-6,9-15H,4,7-8,29H2,1-3H3,(H,34,35,36)(H,37,38,39)(H,40,41,42). The van der Waals surface area contributed by atoms with Crippen molar-refractivity contribution >= 4 is 69.6 Å². The molecule has 0 spiro atoms. The molecule has 46 heavy (non-hydrogen) atoms. The maximum atomic E-state index is 12.0. The van der Waals surface area contributed by atoms with Gasteiger partial charge in [-0.05, 0) is 91.7 Å². The summed E-state index contributed by atoms with van der Waals surface area (Å²) >= 11 is 0. The van der Waals surface area contributed by atoms with Crippen LogP contribution in [0.5, 0.6) is 5.75 Å². The Morgan fingerprint density at radius 2 is 1.26 bits per heavy atom. The van der Waals surface area contributed by atoms with Gasteiger partial charge >= 0.3 is 0 Å². The van der Waals surface area contributed by atoms with Gasteiger partial charge < -0.3 is 10.5 Å². The van der Waals surface area contributed by atoms with Crippen molar-refractivity contribution in [2.75, 3.05) is 18.1 Å². The van der Waals surface area contributed by atoms with Crippen molar-refractivity contribution in [1.29, 1.82) is 0 Å². The molecule has 4 rings (SSSR count). The van der Waals surface area contributed by atoms with Gasteiger partial charge in [-0.25, -0.2) is 0 Å². The van der Waals surface area contributed by atoms with Gasteiger partial charge in [0, 0.05) is 11.5 Å². The second-order valence-corrected chi connectivity index (χ2v) is 14.7. The van der Waals surface area contributed by atoms with Crippen LogP contribution in [0.25, 0.3) is 10.8 Å². The molecule has 0 aromatic heterocycles. The molecule has 0 amide bonds. The molecule has 15 nitrogen and oxygen atoms in total. The molecule has 0 heterocycles. The normalized spacial score (nSPS) is 12.8. The molecular weight excluding hydrogens is 663 g/mol. The average molecular weight is 692 g/mol. The summed E-state index contributed by atoms with van der Waals surface area (Å²) in [7, 11) is -13.7. The summed E-state index contributed by atoms with van der Waals surface area (Å²) in [5, 5.41) is 17.2. The minimum absolute atomic E-state index is 0.00777. The molecular formula is C28H29N5O10S3. The number of nitrogen functional groups attached to an aromatic ring is 1. The Bertz CT molecular complexity index is 2240. The summed E-state index contributed by atoms with van der Waals surface area (Å²) in [5.41, 5.74) is 10.1. The first-order valence-corrected chi connectivity index (χ1v) is 17.8. The fraction of sp³-hybridized carbons (Fsp3) is 0.214. The van der Waals surface area contributed by atoms with Crippen LogP contribution in [0.1, 0.15) is 23.1 Å². The van der Waals surface area contributed by atoms with Gasteiger partial charge in [0.2, 0.25) is 0 Å². The second-order valence-electron chi connectivity index (χ2n) is 10.3. The van der Waals surface area contributed by atoms with Gasteiger partial charge in [0.1, 0.15) is 10.6 Å². The van der Waals surface area contributed by atoms with Gasteiger partial charge in [0.05, 0.1) is 45.7 Å². The molecule has 0 unspecified atom stereocenters. The molecule has 0 aliphatic heterocycles. The number of hydrogen-bond acceptors (Lipinski definition) is 12. The Morgan fingerprint density at radius 3 is 1.83 bits per heavy atom. The Balaban J connectivity index is 1.58. The van der Waals surface area contributed by atoms with E-state index in [4.69, 9.17) is 15.0 Å². The van der Waals surface area contributed by atoms with E-state index in [9.17, 15) is 34.4 Å². The summed E-state index contributed by atoms with van der Waals surface area (Å²) in [4.78, 5) is -1.41. The van der Waals surface area contributed by atoms with Gasteiger partial charge in [-0.3, -0.25) is 13.7 Å². The van der Waals surface area contributed by atoms with Crippen molar-refractivity contribution in [3.63, 3.8) is 0 Å². The molecule has 0 bridgehead atoms. The SMILES string of the molecule is Cc1cc(N=Nc2cc(OCCCS(=O)(=O)O)c(N)cc2C)c(C)cc1N=Nc1ccc2cc(S(=O)(=O)O)cc(S(=O)(=O)O)c2c1. The molecule has 0 saturated carbocycles. The molecule has 244 valence electrons. The molecule has 4 aromatic carbocycles. The Labute approximate surface area is 265 Å². The third kappa shape index (κ3) is 8.68. The van der Waals surface area contributed by atoms with E-state index in [1.165, 1.54) is 18.2 Å². The van der Waals surface area contributed by atoms with Crippen LogP contribution < -0.4 is 10.5 Å². The Hall–Kier alpha value is -4.33. The molecule has 18 heteroatoms. The number of anilines is 1. The minimum atomic E-state index is -4.87. The van der Waals surface area contributed by atoms with E-state index in [0.29, 0.717) is 45.5 Å². The number of aryl methyl sites for hydroxylation is 3. The molecule has 0 saturated heterocycles. The van der Waals surface area contributed by atoms with Crippen LogP contribution in [0, 0.1) is 20.8 Å². The molecule has 4 aromatic rings. The van der Waals surface area contributed by atoms with E-state index in [0.717, 1.165) is 6.07 Å². The third-order valence-corrected chi connectivity index (χ3v) is 9.16. The predicted octanol–water partition coefficient (Wildman–Crippen LogP) is 6.33. The maximum Gasteiger partial charge on any atom is 0.295 e. The van der Waals surface area contributed by atoms with Crippen molar-refractivity contribution in [3.8, 4) is 5.75 Å². The summed E-state index contributed by atoms with van der Waals surface area (Å²) in [6.45, 7) is 5.35. The van der Waals surface area contributed by atoms with Crippen LogP contribution in [0.15, 0.2) is 84.8 Å². The number of benzene rings is 4. The average Bonchev–Trinajstić information content (AvgIpc) is 2.94. The highest BCUT2D eigenvalue weighted by atomic mass is 32.2. The fourth-order valence-electron chi connectivity index (χ4n) is 4.29. The van der Waals surface area contributed by atoms with Crippen LogP contribution in [-0.2, 0) is 30.4 Å². The van der Waals surface area contributed by atoms with Crippen molar-refractivity contribution in [2.45, 2.75) is 37.0 Å². The van der Waals surface area contributed by atoms with E-state index in [1.807, 2.05) is 0 Å². The maximum absolute atomic E-state index is 12.0. The first-order chi connectivity index (χ1) is 21.3. The highest BCUT2D eigenvalue weighted by Crippen LogP contribution is 2.35. The van der Waals surface area contributed by atoms with Gasteiger partial charge in [0.15, 0.2) is 0 Å². The number of nitrogens with zero attached hydrogens (tertiary/aromatic N) is 4. The van der Waals surface area contributed by atoms with Gasteiger partial charge in [-0.1, -0.05) is 6.07 Å². The Kier molecular flexibility index (Phi) is 9.90. The lowest BCUT2D eigenvalue weighted by molar-refractivity contribution is 0.318. The van der Waals surface area contributed by atoms with Crippen molar-refractivity contribution in [3.05, 3.63) is 71.3 Å². The zero-order valence-electron chi connectivity index (χ0n) is 24.6. The molecule has 0 aliphatic rings. The molecule has 0 fully saturated rings. The fourth-order valence-corrected chi connectivity index (χ4v) is 6.12. The minimum Gasteiger partial charge on any atom is -0.491 e. The molecule has 0 aliphatic carbocycles. The highest BCUT2D eigenvalue weighted by Gasteiger charge is 2.21. The topological polar surface area (TPSA) is 248 Å². The quantitative estimate of drug-likeness (QED) is 0.0585. The summed E-state index contributed by atoms with van der Waals surface area (Å²) in [5.74, 6) is -0.160. The van der Waals surface area contributed by atoms with Crippen LogP contribution in [0.4, 0.5) is 28.4 Å². The van der Waals surface area contributed by atoms with Crippen molar-refractivity contribution in [2.24, 2.45) is 20.5 Å². The number of ether oxygens (including phenoxy) is 1. The number of nitrogens with two attached hydrogens (primary N) is 1. The summed E-state index contributed by atoms with van der Waals surface area (Å²) in [6, 6.07) is 12.5. The number of rotatable bonds is 11. The third-order valence-electron chi connectivity index (χ3n) is 6.63. The first kappa shape index (κ1) is 34.5. The Morgan fingerprint density at radius 1 is 0.696 bits per heavy atom. The monoisotopic (exact) mass is 691 g/mol. The summed E-state index contributed by atoms with van der Waals surface area (Å²) < 4.78 is 102. The zero-order chi connectivity index (χ0) is 34.0. The van der Waals surface area contributed by atoms with Gasteiger partial charge in [0.25, 0.3) is 30.4 Å². The molecule has 0 radical (unpaired) electrons. The second kappa shape index (κ2) is 13.2. The first-order valence-electron chi connectivity index (χ1n) is 13.3. The van der Waals surface area contributed by atoms with Crippen LogP contribution >= 0.6 is 0 Å². The number of hydrogen-bond donors (Lipinski definition) is 4. The number of fused-ring (bicyclic) bond motifs is 1. The van der Waals surface area contributed by atoms with E-state index in [1.54, 1.807) is 45.0 Å². The largest absolute Gasteiger partial charge is 0.491 e. The molecule has 0 atom stereocenters. The summed E-state index contributed by atoms with van der Waals surface area (Å²) in [6.07, 6.45) is 0.0650. The van der Waals surface area contributed by atoms with Crippen LogP contribution in [-0.4, -0.2) is 51.3 Å². The van der Waals surface area contributed by atoms with Crippen molar-refractivity contribution in [1.82, 2.24) is 0 Å². The van der Waals surface area contributed by atoms with E-state index >= 15 is 0 Å². The lowest BCUT2D eigenvalue weighted by Gasteiger charge is -2.11. The lowest BCUT2D eigenvalue weighted by atomic mass is 10.1. The van der Waals surface area contributed by atoms with E-state index in [2.05, 4.69) is 20.5 Å². The van der Waals surface area contributed by atoms with Gasteiger partial charge in [-0.15, -0.1) is 0 Å². The highest BCUT2D eigenvalue weighted by molar-refractivity contribution is 7.87. The molecule has 5 N–H and O–H groups in total. The predicted molar refractivity (Wildman–Crippen MR) is 170 cm³/mol. The van der Waals surface area contributed by atoms with Crippen molar-refractivity contribution < 1.29 is 43.6 Å². The lowest BCUT2D eigenvalue weighted by Crippen LogP contribution is -2.09. The smallest absolute Gasteiger partial charge is 0.295 e. The van der Waals surface area contributed by atoms with Crippen LogP contribution in [0.3, 0.4) is 0 Å². The zero-order valence-corrected chi connectivity index (χ0v) is 27.1. The number of azo groups is 2. The van der Waals surface area contributed by atoms with Crippen LogP contribution in [0.2, 0.25) is 0 Å². The van der Waals surface area contributed by atoms with E-state index in [-0.39, 0.29) is 35.2 Å². The van der Waals surface area contributed by atoms with E-state index < -0.39 is 45.9 Å². The van der Waals surface area contributed by atoms with Gasteiger partial charge in [-0.2, -0.15) is 45.7 Å².